The number of anilines is 1. The third-order valence-corrected chi connectivity index (χ3v) is 4.61. The number of nitrogens with zero attached hydrogens (tertiary/aromatic N) is 2. The number of aromatic nitrogens is 1. The van der Waals surface area contributed by atoms with Crippen LogP contribution in [-0.4, -0.2) is 43.8 Å². The van der Waals surface area contributed by atoms with Gasteiger partial charge in [-0.05, 0) is 18.6 Å². The van der Waals surface area contributed by atoms with Crippen molar-refractivity contribution in [2.24, 2.45) is 5.84 Å². The van der Waals surface area contributed by atoms with Gasteiger partial charge in [-0.25, -0.2) is 18.1 Å². The van der Waals surface area contributed by atoms with Crippen molar-refractivity contribution in [3.05, 3.63) is 18.3 Å². The van der Waals surface area contributed by atoms with E-state index in [1.54, 1.807) is 13.1 Å². The molecule has 2 heterocycles. The summed E-state index contributed by atoms with van der Waals surface area (Å²) in [5, 5.41) is -0.151. The fourth-order valence-corrected chi connectivity index (χ4v) is 3.46. The molecule has 2 rings (SSSR count). The van der Waals surface area contributed by atoms with Crippen molar-refractivity contribution < 1.29 is 13.2 Å². The van der Waals surface area contributed by atoms with Gasteiger partial charge in [0.05, 0.1) is 5.69 Å². The maximum Gasteiger partial charge on any atom is 0.260 e. The number of sulfonamides is 1. The molecule has 4 N–H and O–H groups in total. The van der Waals surface area contributed by atoms with Crippen LogP contribution in [0.3, 0.4) is 0 Å². The van der Waals surface area contributed by atoms with Gasteiger partial charge in [0.1, 0.15) is 0 Å². The molecule has 1 aromatic rings. The molecule has 1 aliphatic heterocycles. The standard InChI is InChI=1S/C11H17N5O3S/c1-16-7-8(4-5-10(16)17)15-20(18,19)11-9(14-12)3-2-6-13-11/h2-3,6,8,14-15H,4-5,7,12H2,1H3. The summed E-state index contributed by atoms with van der Waals surface area (Å²) in [6.07, 6.45) is 2.18. The second-order valence-electron chi connectivity index (χ2n) is 4.63. The number of likely N-dealkylation sites (tertiary alicyclic amines) is 1. The summed E-state index contributed by atoms with van der Waals surface area (Å²) in [6.45, 7) is 0.344. The molecule has 1 aromatic heterocycles. The van der Waals surface area contributed by atoms with Gasteiger partial charge in [-0.1, -0.05) is 0 Å². The number of pyridine rings is 1. The van der Waals surface area contributed by atoms with Gasteiger partial charge in [-0.3, -0.25) is 10.6 Å². The van der Waals surface area contributed by atoms with E-state index in [-0.39, 0.29) is 22.7 Å². The fraction of sp³-hybridized carbons (Fsp3) is 0.455. The van der Waals surface area contributed by atoms with Crippen molar-refractivity contribution in [1.82, 2.24) is 14.6 Å². The van der Waals surface area contributed by atoms with E-state index in [2.05, 4.69) is 15.1 Å². The molecule has 1 atom stereocenters. The van der Waals surface area contributed by atoms with E-state index in [0.717, 1.165) is 0 Å². The Bertz CT molecular complexity index is 604. The number of nitrogen functional groups attached to an aromatic ring is 1. The summed E-state index contributed by atoms with van der Waals surface area (Å²) < 4.78 is 27.1. The van der Waals surface area contributed by atoms with Gasteiger partial charge in [0.25, 0.3) is 10.0 Å². The molecule has 0 spiro atoms. The molecule has 20 heavy (non-hydrogen) atoms. The molecule has 1 saturated heterocycles. The zero-order valence-electron chi connectivity index (χ0n) is 11.0. The van der Waals surface area contributed by atoms with Crippen LogP contribution in [0.15, 0.2) is 23.4 Å². The van der Waals surface area contributed by atoms with E-state index in [4.69, 9.17) is 5.84 Å². The van der Waals surface area contributed by atoms with Crippen LogP contribution < -0.4 is 16.0 Å². The summed E-state index contributed by atoms with van der Waals surface area (Å²) in [7, 11) is -2.14. The highest BCUT2D eigenvalue weighted by Gasteiger charge is 2.29. The molecule has 1 unspecified atom stereocenters. The topological polar surface area (TPSA) is 117 Å². The highest BCUT2D eigenvalue weighted by atomic mass is 32.2. The summed E-state index contributed by atoms with van der Waals surface area (Å²) in [6, 6.07) is 2.79. The Morgan fingerprint density at radius 3 is 2.90 bits per heavy atom. The highest BCUT2D eigenvalue weighted by molar-refractivity contribution is 7.89. The number of amides is 1. The number of hydrogen-bond donors (Lipinski definition) is 3. The zero-order valence-corrected chi connectivity index (χ0v) is 11.9. The number of hydrogen-bond acceptors (Lipinski definition) is 6. The van der Waals surface area contributed by atoms with E-state index < -0.39 is 10.0 Å². The second kappa shape index (κ2) is 5.73. The van der Waals surface area contributed by atoms with E-state index in [9.17, 15) is 13.2 Å². The number of nitrogens with two attached hydrogens (primary N) is 1. The first-order valence-electron chi connectivity index (χ1n) is 6.12. The number of rotatable bonds is 4. The first-order valence-corrected chi connectivity index (χ1v) is 7.60. The van der Waals surface area contributed by atoms with Crippen molar-refractivity contribution in [3.8, 4) is 0 Å². The van der Waals surface area contributed by atoms with Gasteiger partial charge < -0.3 is 10.3 Å². The lowest BCUT2D eigenvalue weighted by Gasteiger charge is -2.29. The van der Waals surface area contributed by atoms with Crippen molar-refractivity contribution in [3.63, 3.8) is 0 Å². The van der Waals surface area contributed by atoms with Crippen molar-refractivity contribution in [1.29, 1.82) is 0 Å². The number of carbonyl (C=O) groups excluding carboxylic acids is 1. The molecule has 1 amide bonds. The lowest BCUT2D eigenvalue weighted by molar-refractivity contribution is -0.132. The van der Waals surface area contributed by atoms with Gasteiger partial charge >= 0.3 is 0 Å². The summed E-state index contributed by atoms with van der Waals surface area (Å²) in [5.74, 6) is 5.30. The molecule has 0 bridgehead atoms. The molecule has 110 valence electrons. The van der Waals surface area contributed by atoms with Crippen molar-refractivity contribution in [2.45, 2.75) is 23.9 Å². The molecule has 1 fully saturated rings. The number of hydrazine groups is 1. The predicted octanol–water partition coefficient (Wildman–Crippen LogP) is -0.734. The Morgan fingerprint density at radius 2 is 2.25 bits per heavy atom. The fourth-order valence-electron chi connectivity index (χ4n) is 2.10. The maximum atomic E-state index is 12.3. The SMILES string of the molecule is CN1CC(NS(=O)(=O)c2ncccc2NN)CCC1=O. The maximum absolute atomic E-state index is 12.3. The zero-order chi connectivity index (χ0) is 14.8. The number of carbonyl (C=O) groups is 1. The van der Waals surface area contributed by atoms with Crippen molar-refractivity contribution in [2.75, 3.05) is 19.0 Å². The molecular weight excluding hydrogens is 282 g/mol. The Morgan fingerprint density at radius 1 is 1.50 bits per heavy atom. The Kier molecular flexibility index (Phi) is 4.21. The molecule has 0 aromatic carbocycles. The van der Waals surface area contributed by atoms with E-state index in [1.165, 1.54) is 17.2 Å². The van der Waals surface area contributed by atoms with Gasteiger partial charge in [-0.15, -0.1) is 0 Å². The second-order valence-corrected chi connectivity index (χ2v) is 6.26. The minimum Gasteiger partial charge on any atom is -0.344 e. The minimum atomic E-state index is -3.79. The average Bonchev–Trinajstić information content (AvgIpc) is 2.42. The van der Waals surface area contributed by atoms with Gasteiger partial charge in [0, 0.05) is 32.3 Å². The van der Waals surface area contributed by atoms with Gasteiger partial charge in [0.2, 0.25) is 5.91 Å². The van der Waals surface area contributed by atoms with Crippen LogP contribution in [0.1, 0.15) is 12.8 Å². The number of piperidine rings is 1. The van der Waals surface area contributed by atoms with E-state index in [0.29, 0.717) is 19.4 Å². The van der Waals surface area contributed by atoms with Gasteiger partial charge in [0.15, 0.2) is 5.03 Å². The average molecular weight is 299 g/mol. The van der Waals surface area contributed by atoms with Crippen LogP contribution in [0.25, 0.3) is 0 Å². The van der Waals surface area contributed by atoms with Crippen LogP contribution in [-0.2, 0) is 14.8 Å². The van der Waals surface area contributed by atoms with Crippen LogP contribution in [0, 0.1) is 0 Å². The molecule has 8 nitrogen and oxygen atoms in total. The predicted molar refractivity (Wildman–Crippen MR) is 73.0 cm³/mol. The Hall–Kier alpha value is -1.71. The molecule has 0 aliphatic carbocycles. The molecular formula is C11H17N5O3S. The Labute approximate surface area is 117 Å². The highest BCUT2D eigenvalue weighted by Crippen LogP contribution is 2.18. The lowest BCUT2D eigenvalue weighted by atomic mass is 10.1. The van der Waals surface area contributed by atoms with Crippen LogP contribution in [0.4, 0.5) is 5.69 Å². The van der Waals surface area contributed by atoms with Crippen LogP contribution in [0.5, 0.6) is 0 Å². The van der Waals surface area contributed by atoms with Crippen molar-refractivity contribution >= 4 is 21.6 Å². The monoisotopic (exact) mass is 299 g/mol. The first kappa shape index (κ1) is 14.7. The van der Waals surface area contributed by atoms with Gasteiger partial charge in [-0.2, -0.15) is 0 Å². The largest absolute Gasteiger partial charge is 0.344 e. The quantitative estimate of drug-likeness (QED) is 0.498. The molecule has 1 aliphatic rings. The molecule has 0 radical (unpaired) electrons. The third kappa shape index (κ3) is 3.06. The van der Waals surface area contributed by atoms with Crippen LogP contribution in [0.2, 0.25) is 0 Å². The smallest absolute Gasteiger partial charge is 0.260 e. The van der Waals surface area contributed by atoms with E-state index in [1.807, 2.05) is 0 Å². The number of likely N-dealkylation sites (N-methyl/N-ethyl adjacent to an activating group) is 1. The summed E-state index contributed by atoms with van der Waals surface area (Å²) >= 11 is 0. The third-order valence-electron chi connectivity index (χ3n) is 3.13. The van der Waals surface area contributed by atoms with Crippen LogP contribution >= 0.6 is 0 Å². The summed E-state index contributed by atoms with van der Waals surface area (Å²) in [5.41, 5.74) is 2.53. The molecule has 0 saturated carbocycles. The lowest BCUT2D eigenvalue weighted by Crippen LogP contribution is -2.48. The minimum absolute atomic E-state index is 0.0163. The first-order chi connectivity index (χ1) is 9.44. The van der Waals surface area contributed by atoms with E-state index >= 15 is 0 Å². The number of nitrogens with one attached hydrogen (secondary N) is 2. The normalized spacial score (nSPS) is 20.0. The molecule has 9 heteroatoms. The Balaban J connectivity index is 2.17. The summed E-state index contributed by atoms with van der Waals surface area (Å²) in [4.78, 5) is 16.7.